The fourth-order valence-corrected chi connectivity index (χ4v) is 15.3. The van der Waals surface area contributed by atoms with Gasteiger partial charge in [0.25, 0.3) is 17.1 Å². The number of ether oxygens (including phenoxy) is 4. The molecule has 15 N–H and O–H groups in total. The van der Waals surface area contributed by atoms with Crippen LogP contribution >= 0.6 is 30.8 Å². The molecule has 9 heterocycles. The molecule has 3 saturated heterocycles. The minimum Gasteiger partial charge on any atom is -0.397 e. The normalized spacial score (nSPS) is 29.4. The highest BCUT2D eigenvalue weighted by molar-refractivity contribution is 7.64. The number of aliphatic imine (C=N–C) groups is 1. The average Bonchev–Trinajstić information content (AvgIpc) is 2.31. The third kappa shape index (κ3) is 13.3. The maximum atomic E-state index is 13.9. The van der Waals surface area contributed by atoms with Gasteiger partial charge in [-0.3, -0.25) is 60.8 Å². The Morgan fingerprint density at radius 2 is 1.45 bits per heavy atom. The molecule has 5 aromatic rings. The number of rotatable bonds is 22. The Bertz CT molecular complexity index is 3650. The first-order chi connectivity index (χ1) is 39.0. The number of anilines is 2. The summed E-state index contributed by atoms with van der Waals surface area (Å²) in [5, 5.41) is 33.4. The van der Waals surface area contributed by atoms with E-state index in [0.29, 0.717) is 12.8 Å². The highest BCUT2D eigenvalue weighted by Gasteiger charge is 2.54. The first-order valence-corrected chi connectivity index (χ1v) is 31.4. The number of nitrogens with two attached hydrogens (primary N) is 3. The lowest BCUT2D eigenvalue weighted by Gasteiger charge is -2.26. The second-order valence-electron chi connectivity index (χ2n) is 19.6. The summed E-state index contributed by atoms with van der Waals surface area (Å²) < 4.78 is 109. The van der Waals surface area contributed by atoms with Gasteiger partial charge in [0.15, 0.2) is 35.8 Å². The molecule has 42 heteroatoms. The number of carbonyl (C=O) groups excluding carboxylic acids is 1. The van der Waals surface area contributed by atoms with Crippen LogP contribution in [0, 0.1) is 5.92 Å². The first-order valence-electron chi connectivity index (χ1n) is 24.9. The van der Waals surface area contributed by atoms with Crippen molar-refractivity contribution >= 4 is 88.7 Å². The van der Waals surface area contributed by atoms with Crippen LogP contribution in [0.25, 0.3) is 28.0 Å². The third-order valence-corrected chi connectivity index (χ3v) is 19.5. The number of phosphoric ester groups is 2. The number of aliphatic hydroxyl groups excluding tert-OH is 3. The van der Waals surface area contributed by atoms with Crippen LogP contribution < -0.4 is 32.9 Å². The number of methoxy groups -OCH3 is 1. The number of hydrogen-bond acceptors (Lipinski definition) is 27. The Morgan fingerprint density at radius 3 is 2.17 bits per heavy atom. The fourth-order valence-electron chi connectivity index (χ4n) is 9.63. The number of allylic oxidation sites excluding steroid dienone is 1. The van der Waals surface area contributed by atoms with Crippen molar-refractivity contribution in [2.45, 2.75) is 86.8 Å². The fraction of sp³-hybridized carbons (Fsp3) is 0.585. The number of nitrogens with one attached hydrogen (secondary N) is 2. The van der Waals surface area contributed by atoms with Crippen molar-refractivity contribution in [3.05, 3.63) is 51.5 Å². The molecule has 0 spiro atoms. The van der Waals surface area contributed by atoms with Crippen molar-refractivity contribution in [2.24, 2.45) is 23.7 Å². The van der Waals surface area contributed by atoms with E-state index >= 15 is 0 Å². The van der Waals surface area contributed by atoms with E-state index in [0.717, 1.165) is 18.0 Å². The van der Waals surface area contributed by atoms with Crippen molar-refractivity contribution in [3.8, 4) is 0 Å². The molecule has 38 nitrogen and oxygen atoms in total. The van der Waals surface area contributed by atoms with Gasteiger partial charge in [0, 0.05) is 39.8 Å². The van der Waals surface area contributed by atoms with Gasteiger partial charge in [-0.2, -0.15) is 4.98 Å². The number of amides is 1. The zero-order chi connectivity index (χ0) is 60.2. The molecule has 4 aliphatic rings. The van der Waals surface area contributed by atoms with Crippen molar-refractivity contribution in [1.29, 1.82) is 0 Å². The number of aryl methyl sites for hydroxylation is 1. The molecule has 0 aromatic carbocycles. The van der Waals surface area contributed by atoms with Gasteiger partial charge in [-0.15, -0.1) is 0 Å². The molecule has 9 rings (SSSR count). The molecule has 5 unspecified atom stereocenters. The quantitative estimate of drug-likeness (QED) is 0.0251. The molecule has 0 radical (unpaired) electrons. The first kappa shape index (κ1) is 62.0. The minimum absolute atomic E-state index is 0.0223. The maximum absolute atomic E-state index is 13.9. The Labute approximate surface area is 466 Å². The van der Waals surface area contributed by atoms with E-state index in [1.165, 1.54) is 52.4 Å². The number of aliphatic hydroxyl groups is 3. The minimum atomic E-state index is -5.62. The van der Waals surface area contributed by atoms with Gasteiger partial charge in [-0.1, -0.05) is 11.1 Å². The van der Waals surface area contributed by atoms with E-state index < -0.39 is 160 Å². The van der Waals surface area contributed by atoms with Crippen LogP contribution in [-0.2, 0) is 71.5 Å². The maximum Gasteiger partial charge on any atom is 0.479 e. The van der Waals surface area contributed by atoms with E-state index in [-0.39, 0.29) is 51.4 Å². The number of carbonyl (C=O) groups is 1. The SMILES string of the molecule is CO[C@@H]1[C@H](OP(=O)(O)OC[C@H]2O[C@@H](n3cnc4c(=O)[nH]c(N)nc43)[C@H](O)[C@@H]2O)C(COP(=O)(O)CCP(=O)(O)OP(=O)(O)OC[C@H]2O[C@@H]([n+]3cn(C)c4c(=O)[nH]c(N)nc43)[C@H](O)[C@@H]2CC(=O)N(C)C)O[C@H]1n1cnc2c1N=CCCC=C2N. The van der Waals surface area contributed by atoms with E-state index in [1.54, 1.807) is 12.3 Å². The Morgan fingerprint density at radius 1 is 0.795 bits per heavy atom. The van der Waals surface area contributed by atoms with Crippen molar-refractivity contribution in [2.75, 3.05) is 64.8 Å². The Balaban J connectivity index is 0.867. The van der Waals surface area contributed by atoms with Crippen molar-refractivity contribution in [3.63, 3.8) is 0 Å². The molecule has 3 fully saturated rings. The summed E-state index contributed by atoms with van der Waals surface area (Å²) in [4.78, 5) is 108. The summed E-state index contributed by atoms with van der Waals surface area (Å²) in [6, 6.07) is 0. The number of H-pyrrole nitrogens is 2. The predicted octanol–water partition coefficient (Wildman–Crippen LogP) is -2.55. The molecule has 5 aromatic heterocycles. The molecule has 0 saturated carbocycles. The number of phosphoric acid groups is 2. The van der Waals surface area contributed by atoms with Crippen molar-refractivity contribution < 1.29 is 104 Å². The van der Waals surface area contributed by atoms with E-state index in [2.05, 4.69) is 39.2 Å². The molecule has 0 aliphatic carbocycles. The molecule has 456 valence electrons. The summed E-state index contributed by atoms with van der Waals surface area (Å²) in [6.45, 7) is -2.89. The topological polar surface area (TPSA) is 540 Å². The number of nitrogen functional groups attached to an aromatic ring is 2. The number of nitrogens with zero attached hydrogens (tertiary/aromatic N) is 10. The lowest BCUT2D eigenvalue weighted by Crippen LogP contribution is -2.45. The van der Waals surface area contributed by atoms with E-state index in [1.807, 2.05) is 0 Å². The van der Waals surface area contributed by atoms with Crippen LogP contribution in [-0.4, -0.2) is 198 Å². The summed E-state index contributed by atoms with van der Waals surface area (Å²) in [6.07, 6.45) is -12.2. The standard InChI is InChI=1S/C41H59N15O23P4/c1-52(2)23(57)11-18-20(75-37(27(18)58)56-17-53(3)26-34(56)49-41(44)51-36(26)62)12-74-83(69,70)79-81(65,66)10-9-80(63,64)72-14-22-30(31(71-4)39(77-22)54-15-46-24-19(42)7-5-6-8-45-32(24)54)78-82(67,68)73-13-21-28(59)29(60)38(76-21)55-16-47-25-33(55)48-40(43)50-35(25)61/h7-8,15-18,20-22,27-31,37-39,58-60H,5-6,9-14,42H2,1-4H3,(H9-,43,44,48,49,50,51,61,62,63,64,65,66,67,68,69,70)/p+1/t18-,20-,21-,22?,27-,28-,29-,30-,31-,37-,38-,39-/m1/s1. The van der Waals surface area contributed by atoms with Gasteiger partial charge in [0.1, 0.15) is 48.4 Å². The van der Waals surface area contributed by atoms with Gasteiger partial charge >= 0.3 is 36.5 Å². The number of fused-ring (bicyclic) bond motifs is 3. The molecule has 4 aliphatic heterocycles. The lowest BCUT2D eigenvalue weighted by molar-refractivity contribution is -0.745. The second-order valence-corrected chi connectivity index (χ2v) is 26.6. The summed E-state index contributed by atoms with van der Waals surface area (Å²) >= 11 is 0. The van der Waals surface area contributed by atoms with Gasteiger partial charge in [-0.05, 0) is 12.8 Å². The Hall–Kier alpha value is -5.53. The molecule has 83 heavy (non-hydrogen) atoms. The molecule has 1 amide bonds. The largest absolute Gasteiger partial charge is 0.479 e. The second kappa shape index (κ2) is 24.1. The van der Waals surface area contributed by atoms with Crippen LogP contribution in [0.2, 0.25) is 0 Å². The summed E-state index contributed by atoms with van der Waals surface area (Å²) in [5.74, 6) is -2.12. The number of aromatic amines is 2. The van der Waals surface area contributed by atoms with E-state index in [4.69, 9.17) is 54.2 Å². The van der Waals surface area contributed by atoms with Crippen LogP contribution in [0.3, 0.4) is 0 Å². The number of imidazole rings is 3. The predicted molar refractivity (Wildman–Crippen MR) is 280 cm³/mol. The van der Waals surface area contributed by atoms with Gasteiger partial charge < -0.3 is 80.5 Å². The zero-order valence-corrected chi connectivity index (χ0v) is 47.7. The summed E-state index contributed by atoms with van der Waals surface area (Å²) in [5.41, 5.74) is 16.5. The molecule has 0 bridgehead atoms. The van der Waals surface area contributed by atoms with Gasteiger partial charge in [0.2, 0.25) is 23.6 Å². The molecule has 16 atom stereocenters. The van der Waals surface area contributed by atoms with Gasteiger partial charge in [-0.25, -0.2) is 33.0 Å². The smallest absolute Gasteiger partial charge is 0.397 e. The lowest BCUT2D eigenvalue weighted by atomic mass is 9.94. The molecular weight excluding hydrogens is 1190 g/mol. The highest BCUT2D eigenvalue weighted by Crippen LogP contribution is 2.62. The van der Waals surface area contributed by atoms with Crippen LogP contribution in [0.1, 0.15) is 43.6 Å². The average molecular weight is 1250 g/mol. The van der Waals surface area contributed by atoms with Crippen LogP contribution in [0.5, 0.6) is 0 Å². The Kier molecular flexibility index (Phi) is 18.0. The van der Waals surface area contributed by atoms with Crippen molar-refractivity contribution in [1.82, 2.24) is 48.5 Å². The summed E-state index contributed by atoms with van der Waals surface area (Å²) in [7, 11) is -16.0. The van der Waals surface area contributed by atoms with Crippen LogP contribution in [0.4, 0.5) is 17.7 Å². The number of aromatic nitrogens is 10. The highest BCUT2D eigenvalue weighted by atomic mass is 31.3. The van der Waals surface area contributed by atoms with E-state index in [9.17, 15) is 67.5 Å². The third-order valence-electron chi connectivity index (χ3n) is 13.7. The zero-order valence-electron chi connectivity index (χ0n) is 44.1. The van der Waals surface area contributed by atoms with Crippen LogP contribution in [0.15, 0.2) is 39.6 Å². The molecular formula is C41H60N15O23P4+. The monoisotopic (exact) mass is 1250 g/mol. The number of hydrogen-bond donors (Lipinski definition) is 12. The van der Waals surface area contributed by atoms with Gasteiger partial charge in [0.05, 0.1) is 63.6 Å².